The molecule has 2 aromatic carbocycles. The monoisotopic (exact) mass is 356 g/mol. The van der Waals surface area contributed by atoms with Gasteiger partial charge in [0.05, 0.1) is 23.8 Å². The molecule has 25 heavy (non-hydrogen) atoms. The van der Waals surface area contributed by atoms with E-state index in [4.69, 9.17) is 16.3 Å². The lowest BCUT2D eigenvalue weighted by Gasteiger charge is -2.06. The van der Waals surface area contributed by atoms with Crippen molar-refractivity contribution in [3.8, 4) is 0 Å². The van der Waals surface area contributed by atoms with Crippen molar-refractivity contribution >= 4 is 40.0 Å². The number of aromatic nitrogens is 2. The quantitative estimate of drug-likeness (QED) is 0.425. The minimum Gasteiger partial charge on any atom is -0.464 e. The van der Waals surface area contributed by atoms with Gasteiger partial charge in [0, 0.05) is 5.02 Å². The van der Waals surface area contributed by atoms with E-state index in [0.717, 1.165) is 0 Å². The molecule has 0 saturated carbocycles. The van der Waals surface area contributed by atoms with Crippen molar-refractivity contribution in [1.29, 1.82) is 0 Å². The van der Waals surface area contributed by atoms with Crippen LogP contribution >= 0.6 is 11.6 Å². The van der Waals surface area contributed by atoms with Crippen molar-refractivity contribution in [3.05, 3.63) is 69.6 Å². The molecule has 0 amide bonds. The second kappa shape index (κ2) is 7.14. The van der Waals surface area contributed by atoms with Crippen molar-refractivity contribution in [1.82, 2.24) is 9.97 Å². The van der Waals surface area contributed by atoms with Crippen LogP contribution in [0.15, 0.2) is 58.4 Å². The van der Waals surface area contributed by atoms with E-state index in [1.54, 1.807) is 48.5 Å². The average molecular weight is 357 g/mol. The van der Waals surface area contributed by atoms with Gasteiger partial charge in [-0.1, -0.05) is 29.8 Å². The Bertz CT molecular complexity index is 1030. The van der Waals surface area contributed by atoms with Crippen LogP contribution < -0.4 is 11.0 Å². The fourth-order valence-electron chi connectivity index (χ4n) is 2.16. The van der Waals surface area contributed by atoms with E-state index in [1.165, 1.54) is 7.11 Å². The first kappa shape index (κ1) is 16.7. The number of nitrogens with one attached hydrogen (secondary N) is 2. The Morgan fingerprint density at radius 1 is 1.24 bits per heavy atom. The summed E-state index contributed by atoms with van der Waals surface area (Å²) in [5.74, 6) is -0.789. The minimum atomic E-state index is -0.789. The van der Waals surface area contributed by atoms with E-state index in [2.05, 4.69) is 20.5 Å². The molecular formula is C17H13ClN4O3. The summed E-state index contributed by atoms with van der Waals surface area (Å²) in [4.78, 5) is 31.3. The number of nitrogens with zero attached hydrogens (tertiary/aromatic N) is 2. The number of anilines is 1. The minimum absolute atomic E-state index is 0.139. The molecule has 8 heteroatoms. The Morgan fingerprint density at radius 3 is 2.80 bits per heavy atom. The fourth-order valence-corrected chi connectivity index (χ4v) is 2.35. The molecule has 0 aliphatic heterocycles. The third kappa shape index (κ3) is 3.67. The van der Waals surface area contributed by atoms with Gasteiger partial charge < -0.3 is 9.72 Å². The molecule has 0 saturated heterocycles. The van der Waals surface area contributed by atoms with E-state index in [9.17, 15) is 9.59 Å². The van der Waals surface area contributed by atoms with Crippen LogP contribution in [0.4, 0.5) is 5.69 Å². The Kier molecular flexibility index (Phi) is 4.76. The van der Waals surface area contributed by atoms with Crippen molar-refractivity contribution in [2.75, 3.05) is 12.5 Å². The Hall–Kier alpha value is -3.19. The highest BCUT2D eigenvalue weighted by Gasteiger charge is 2.21. The average Bonchev–Trinajstić information content (AvgIpc) is 2.62. The van der Waals surface area contributed by atoms with E-state index < -0.39 is 11.5 Å². The second-order valence-electron chi connectivity index (χ2n) is 5.01. The largest absolute Gasteiger partial charge is 0.464 e. The molecule has 0 spiro atoms. The molecule has 3 aromatic rings. The number of carbonyl (C=O) groups excluding carboxylic acids is 1. The number of hydrazone groups is 1. The summed E-state index contributed by atoms with van der Waals surface area (Å²) < 4.78 is 4.72. The van der Waals surface area contributed by atoms with E-state index in [0.29, 0.717) is 21.7 Å². The normalized spacial score (nSPS) is 11.4. The summed E-state index contributed by atoms with van der Waals surface area (Å²) in [7, 11) is 1.20. The van der Waals surface area contributed by atoms with Gasteiger partial charge in [-0.05, 0) is 30.3 Å². The maximum absolute atomic E-state index is 12.3. The Labute approximate surface area is 147 Å². The highest BCUT2D eigenvalue weighted by Crippen LogP contribution is 2.15. The molecular weight excluding hydrogens is 344 g/mol. The zero-order chi connectivity index (χ0) is 17.8. The number of ether oxygens (including phenoxy) is 1. The fraction of sp³-hybridized carbons (Fsp3) is 0.0588. The number of rotatable bonds is 4. The third-order valence-electron chi connectivity index (χ3n) is 3.32. The van der Waals surface area contributed by atoms with Gasteiger partial charge in [-0.2, -0.15) is 5.10 Å². The molecule has 0 atom stereocenters. The second-order valence-corrected chi connectivity index (χ2v) is 5.44. The maximum atomic E-state index is 12.3. The highest BCUT2D eigenvalue weighted by atomic mass is 35.5. The lowest BCUT2D eigenvalue weighted by Crippen LogP contribution is -2.28. The van der Waals surface area contributed by atoms with Crippen LogP contribution in [0.1, 0.15) is 5.69 Å². The number of hydrogen-bond acceptors (Lipinski definition) is 6. The van der Waals surface area contributed by atoms with Crippen LogP contribution in [0.2, 0.25) is 5.02 Å². The van der Waals surface area contributed by atoms with Crippen LogP contribution in [0.3, 0.4) is 0 Å². The van der Waals surface area contributed by atoms with Crippen LogP contribution in [-0.2, 0) is 9.53 Å². The summed E-state index contributed by atoms with van der Waals surface area (Å²) in [6.45, 7) is 0. The van der Waals surface area contributed by atoms with Gasteiger partial charge in [0.25, 0.3) is 5.56 Å². The van der Waals surface area contributed by atoms with Crippen molar-refractivity contribution in [3.63, 3.8) is 0 Å². The van der Waals surface area contributed by atoms with Gasteiger partial charge in [-0.15, -0.1) is 0 Å². The molecule has 1 heterocycles. The summed E-state index contributed by atoms with van der Waals surface area (Å²) >= 11 is 5.91. The lowest BCUT2D eigenvalue weighted by molar-refractivity contribution is -0.132. The van der Waals surface area contributed by atoms with Crippen LogP contribution in [0, 0.1) is 0 Å². The number of para-hydroxylation sites is 2. The maximum Gasteiger partial charge on any atom is 0.360 e. The molecule has 126 valence electrons. The zero-order valence-corrected chi connectivity index (χ0v) is 13.9. The molecule has 3 rings (SSSR count). The number of aromatic amines is 1. The van der Waals surface area contributed by atoms with E-state index >= 15 is 0 Å². The van der Waals surface area contributed by atoms with Gasteiger partial charge in [0.1, 0.15) is 0 Å². The molecule has 0 aliphatic carbocycles. The molecule has 0 radical (unpaired) electrons. The first-order chi connectivity index (χ1) is 12.1. The lowest BCUT2D eigenvalue weighted by atomic mass is 10.2. The van der Waals surface area contributed by atoms with Crippen molar-refractivity contribution in [2.24, 2.45) is 5.10 Å². The number of benzene rings is 2. The first-order valence-corrected chi connectivity index (χ1v) is 7.63. The van der Waals surface area contributed by atoms with Gasteiger partial charge in [0.15, 0.2) is 11.4 Å². The van der Waals surface area contributed by atoms with Gasteiger partial charge in [0.2, 0.25) is 0 Å². The van der Waals surface area contributed by atoms with Crippen LogP contribution in [0.25, 0.3) is 11.0 Å². The number of halogens is 1. The molecule has 7 nitrogen and oxygen atoms in total. The number of H-pyrrole nitrogens is 1. The molecule has 0 unspecified atom stereocenters. The number of esters is 1. The highest BCUT2D eigenvalue weighted by molar-refractivity contribution is 6.42. The topological polar surface area (TPSA) is 96.4 Å². The summed E-state index contributed by atoms with van der Waals surface area (Å²) in [6, 6.07) is 13.7. The molecule has 1 aromatic heterocycles. The van der Waals surface area contributed by atoms with Crippen LogP contribution in [0.5, 0.6) is 0 Å². The van der Waals surface area contributed by atoms with E-state index in [-0.39, 0.29) is 11.4 Å². The number of methoxy groups -OCH3 is 1. The zero-order valence-electron chi connectivity index (χ0n) is 13.1. The summed E-state index contributed by atoms with van der Waals surface area (Å²) in [6.07, 6.45) is 0. The Morgan fingerprint density at radius 2 is 2.04 bits per heavy atom. The molecule has 2 N–H and O–H groups in total. The number of hydrogen-bond donors (Lipinski definition) is 2. The van der Waals surface area contributed by atoms with Gasteiger partial charge in [-0.25, -0.2) is 9.78 Å². The van der Waals surface area contributed by atoms with E-state index in [1.807, 2.05) is 0 Å². The van der Waals surface area contributed by atoms with Crippen molar-refractivity contribution < 1.29 is 9.53 Å². The van der Waals surface area contributed by atoms with Gasteiger partial charge in [-0.3, -0.25) is 10.2 Å². The molecule has 0 bridgehead atoms. The Balaban J connectivity index is 2.07. The van der Waals surface area contributed by atoms with Crippen LogP contribution in [-0.4, -0.2) is 28.8 Å². The summed E-state index contributed by atoms with van der Waals surface area (Å²) in [5.41, 5.74) is 3.39. The number of carbonyl (C=O) groups is 1. The summed E-state index contributed by atoms with van der Waals surface area (Å²) in [5, 5.41) is 4.50. The number of fused-ring (bicyclic) bond motifs is 1. The smallest absolute Gasteiger partial charge is 0.360 e. The predicted octanol–water partition coefficient (Wildman–Crippen LogP) is 2.57. The first-order valence-electron chi connectivity index (χ1n) is 7.25. The predicted molar refractivity (Wildman–Crippen MR) is 96.0 cm³/mol. The van der Waals surface area contributed by atoms with Gasteiger partial charge >= 0.3 is 5.97 Å². The molecule has 0 fully saturated rings. The third-order valence-corrected chi connectivity index (χ3v) is 3.56. The van der Waals surface area contributed by atoms with Crippen molar-refractivity contribution in [2.45, 2.75) is 0 Å². The molecule has 0 aliphatic rings. The SMILES string of the molecule is COC(=O)/C(=N\Nc1cccc(Cl)c1)c1nc2ccccc2[nH]c1=O. The standard InChI is InChI=1S/C17H13ClN4O3/c1-25-17(24)15(22-21-11-6-4-5-10(18)9-11)14-16(23)20-13-8-3-2-7-12(13)19-14/h2-9,21H,1H3,(H,20,23)/b22-15-.